The van der Waals surface area contributed by atoms with Gasteiger partial charge in [-0.15, -0.1) is 0 Å². The van der Waals surface area contributed by atoms with Gasteiger partial charge in [0.25, 0.3) is 0 Å². The third kappa shape index (κ3) is 6.07. The van der Waals surface area contributed by atoms with Crippen molar-refractivity contribution in [1.29, 1.82) is 0 Å². The fourth-order valence-corrected chi connectivity index (χ4v) is 3.59. The summed E-state index contributed by atoms with van der Waals surface area (Å²) in [5.74, 6) is -0.366. The van der Waals surface area contributed by atoms with Crippen LogP contribution in [0.5, 0.6) is 0 Å². The molecule has 1 amide bonds. The first-order valence-corrected chi connectivity index (χ1v) is 11.2. The van der Waals surface area contributed by atoms with Gasteiger partial charge in [-0.25, -0.2) is 4.79 Å². The standard InChI is InChI=1S/C25H27BrN2O3/c1-4-31-25(30)20-15-23(19-9-7-17(2)8-10-19)28(16-20)13-5-6-24(29)27-21-11-12-22(26)18(3)14-21/h7-12,14-16H,4-6,13H2,1-3H3,(H,27,29). The van der Waals surface area contributed by atoms with Crippen LogP contribution in [0.1, 0.15) is 41.3 Å². The molecular weight excluding hydrogens is 456 g/mol. The number of carbonyl (C=O) groups is 2. The van der Waals surface area contributed by atoms with Crippen molar-refractivity contribution in [1.82, 2.24) is 4.57 Å². The molecule has 1 heterocycles. The van der Waals surface area contributed by atoms with Crippen LogP contribution in [0.2, 0.25) is 0 Å². The minimum absolute atomic E-state index is 0.0311. The molecule has 1 N–H and O–H groups in total. The summed E-state index contributed by atoms with van der Waals surface area (Å²) in [6.07, 6.45) is 2.84. The molecule has 0 fully saturated rings. The van der Waals surface area contributed by atoms with Crippen molar-refractivity contribution in [3.63, 3.8) is 0 Å². The van der Waals surface area contributed by atoms with E-state index >= 15 is 0 Å². The van der Waals surface area contributed by atoms with E-state index < -0.39 is 0 Å². The lowest BCUT2D eigenvalue weighted by Gasteiger charge is -2.10. The Kier molecular flexibility index (Phi) is 7.69. The summed E-state index contributed by atoms with van der Waals surface area (Å²) >= 11 is 3.47. The Morgan fingerprint density at radius 1 is 1.06 bits per heavy atom. The van der Waals surface area contributed by atoms with Gasteiger partial charge in [0, 0.05) is 35.0 Å². The summed E-state index contributed by atoms with van der Waals surface area (Å²) in [6.45, 7) is 6.77. The van der Waals surface area contributed by atoms with E-state index in [0.717, 1.165) is 27.0 Å². The van der Waals surface area contributed by atoms with E-state index in [1.54, 1.807) is 6.92 Å². The number of hydrogen-bond acceptors (Lipinski definition) is 3. The number of amides is 1. The van der Waals surface area contributed by atoms with Gasteiger partial charge in [0.1, 0.15) is 0 Å². The molecule has 162 valence electrons. The lowest BCUT2D eigenvalue weighted by molar-refractivity contribution is -0.116. The minimum atomic E-state index is -0.335. The third-order valence-corrected chi connectivity index (χ3v) is 5.89. The normalized spacial score (nSPS) is 10.7. The molecule has 2 aromatic carbocycles. The van der Waals surface area contributed by atoms with Gasteiger partial charge >= 0.3 is 5.97 Å². The molecule has 0 saturated heterocycles. The van der Waals surface area contributed by atoms with Crippen molar-refractivity contribution in [3.8, 4) is 11.3 Å². The Balaban J connectivity index is 1.69. The molecule has 3 aromatic rings. The van der Waals surface area contributed by atoms with Crippen molar-refractivity contribution < 1.29 is 14.3 Å². The number of nitrogens with one attached hydrogen (secondary N) is 1. The molecule has 6 heteroatoms. The Morgan fingerprint density at radius 2 is 1.81 bits per heavy atom. The molecule has 0 aliphatic carbocycles. The molecule has 0 atom stereocenters. The van der Waals surface area contributed by atoms with Crippen LogP contribution >= 0.6 is 15.9 Å². The molecule has 0 unspecified atom stereocenters. The van der Waals surface area contributed by atoms with E-state index in [2.05, 4.69) is 21.2 Å². The lowest BCUT2D eigenvalue weighted by Crippen LogP contribution is -2.12. The van der Waals surface area contributed by atoms with Crippen molar-refractivity contribution in [2.75, 3.05) is 11.9 Å². The average Bonchev–Trinajstić information content (AvgIpc) is 3.16. The number of hydrogen-bond donors (Lipinski definition) is 1. The van der Waals surface area contributed by atoms with E-state index in [-0.39, 0.29) is 11.9 Å². The summed E-state index contributed by atoms with van der Waals surface area (Å²) in [4.78, 5) is 24.6. The molecule has 0 aliphatic heterocycles. The topological polar surface area (TPSA) is 60.3 Å². The zero-order valence-corrected chi connectivity index (χ0v) is 19.7. The predicted octanol–water partition coefficient (Wildman–Crippen LogP) is 6.13. The second-order valence-electron chi connectivity index (χ2n) is 7.51. The summed E-state index contributed by atoms with van der Waals surface area (Å²) in [5.41, 5.74) is 5.51. The first kappa shape index (κ1) is 22.8. The van der Waals surface area contributed by atoms with Crippen LogP contribution in [0.15, 0.2) is 59.2 Å². The second kappa shape index (κ2) is 10.4. The van der Waals surface area contributed by atoms with Gasteiger partial charge in [0.15, 0.2) is 0 Å². The monoisotopic (exact) mass is 482 g/mol. The maximum atomic E-state index is 12.4. The number of aromatic nitrogens is 1. The van der Waals surface area contributed by atoms with E-state index in [1.807, 2.05) is 73.1 Å². The number of nitrogens with zero attached hydrogens (tertiary/aromatic N) is 1. The Labute approximate surface area is 191 Å². The zero-order valence-electron chi connectivity index (χ0n) is 18.1. The van der Waals surface area contributed by atoms with Crippen LogP contribution in [0.4, 0.5) is 5.69 Å². The highest BCUT2D eigenvalue weighted by atomic mass is 79.9. The molecule has 0 saturated carbocycles. The highest BCUT2D eigenvalue weighted by Gasteiger charge is 2.15. The van der Waals surface area contributed by atoms with E-state index in [1.165, 1.54) is 5.56 Å². The fraction of sp³-hybridized carbons (Fsp3) is 0.280. The van der Waals surface area contributed by atoms with E-state index in [4.69, 9.17) is 4.74 Å². The van der Waals surface area contributed by atoms with Gasteiger partial charge in [-0.1, -0.05) is 45.8 Å². The fourth-order valence-electron chi connectivity index (χ4n) is 3.35. The molecular formula is C25H27BrN2O3. The van der Waals surface area contributed by atoms with Gasteiger partial charge in [0.05, 0.1) is 12.2 Å². The number of anilines is 1. The number of carbonyl (C=O) groups excluding carboxylic acids is 2. The molecule has 31 heavy (non-hydrogen) atoms. The Morgan fingerprint density at radius 3 is 2.48 bits per heavy atom. The maximum Gasteiger partial charge on any atom is 0.339 e. The number of halogens is 1. The summed E-state index contributed by atoms with van der Waals surface area (Å²) in [5, 5.41) is 2.95. The molecule has 0 bridgehead atoms. The maximum absolute atomic E-state index is 12.4. The van der Waals surface area contributed by atoms with Gasteiger partial charge in [-0.2, -0.15) is 0 Å². The van der Waals surface area contributed by atoms with E-state index in [0.29, 0.717) is 31.6 Å². The molecule has 0 aliphatic rings. The van der Waals surface area contributed by atoms with Crippen LogP contribution < -0.4 is 5.32 Å². The summed E-state index contributed by atoms with van der Waals surface area (Å²) < 4.78 is 8.19. The van der Waals surface area contributed by atoms with E-state index in [9.17, 15) is 9.59 Å². The van der Waals surface area contributed by atoms with Gasteiger partial charge in [-0.05, 0) is 62.6 Å². The highest BCUT2D eigenvalue weighted by molar-refractivity contribution is 9.10. The van der Waals surface area contributed by atoms with Crippen LogP contribution in [0.3, 0.4) is 0 Å². The largest absolute Gasteiger partial charge is 0.462 e. The van der Waals surface area contributed by atoms with Crippen LogP contribution in [0, 0.1) is 13.8 Å². The Bertz CT molecular complexity index is 1070. The number of aryl methyl sites for hydroxylation is 3. The average molecular weight is 483 g/mol. The quantitative estimate of drug-likeness (QED) is 0.392. The summed E-state index contributed by atoms with van der Waals surface area (Å²) in [6, 6.07) is 15.8. The molecule has 1 aromatic heterocycles. The highest BCUT2D eigenvalue weighted by Crippen LogP contribution is 2.25. The van der Waals surface area contributed by atoms with Crippen molar-refractivity contribution in [2.24, 2.45) is 0 Å². The first-order valence-electron chi connectivity index (χ1n) is 10.4. The van der Waals surface area contributed by atoms with Gasteiger partial charge in [0.2, 0.25) is 5.91 Å². The first-order chi connectivity index (χ1) is 14.9. The third-order valence-electron chi connectivity index (χ3n) is 5.00. The molecule has 0 radical (unpaired) electrons. The SMILES string of the molecule is CCOC(=O)c1cc(-c2ccc(C)cc2)n(CCCC(=O)Nc2ccc(Br)c(C)c2)c1. The number of rotatable bonds is 8. The van der Waals surface area contributed by atoms with Crippen molar-refractivity contribution in [2.45, 2.75) is 40.2 Å². The van der Waals surface area contributed by atoms with Crippen LogP contribution in [-0.2, 0) is 16.1 Å². The number of esters is 1. The summed E-state index contributed by atoms with van der Waals surface area (Å²) in [7, 11) is 0. The lowest BCUT2D eigenvalue weighted by atomic mass is 10.1. The molecule has 3 rings (SSSR count). The van der Waals surface area contributed by atoms with Crippen LogP contribution in [-0.4, -0.2) is 23.1 Å². The van der Waals surface area contributed by atoms with Gasteiger partial charge in [-0.3, -0.25) is 4.79 Å². The van der Waals surface area contributed by atoms with Crippen molar-refractivity contribution in [3.05, 3.63) is 75.9 Å². The number of ether oxygens (including phenoxy) is 1. The van der Waals surface area contributed by atoms with Crippen LogP contribution in [0.25, 0.3) is 11.3 Å². The second-order valence-corrected chi connectivity index (χ2v) is 8.36. The smallest absolute Gasteiger partial charge is 0.339 e. The molecule has 0 spiro atoms. The Hall–Kier alpha value is -2.86. The number of benzene rings is 2. The van der Waals surface area contributed by atoms with Crippen molar-refractivity contribution >= 4 is 33.5 Å². The minimum Gasteiger partial charge on any atom is -0.462 e. The zero-order chi connectivity index (χ0) is 22.4. The molecule has 5 nitrogen and oxygen atoms in total. The predicted molar refractivity (Wildman–Crippen MR) is 127 cm³/mol. The van der Waals surface area contributed by atoms with Gasteiger partial charge < -0.3 is 14.6 Å².